The minimum absolute atomic E-state index is 0.0333. The number of aliphatic hydroxyl groups excluding tert-OH is 1. The molecule has 0 heterocycles. The first-order chi connectivity index (χ1) is 13.2. The van der Waals surface area contributed by atoms with Crippen LogP contribution < -0.4 is 5.32 Å². The zero-order valence-electron chi connectivity index (χ0n) is 18.3. The van der Waals surface area contributed by atoms with Crippen LogP contribution in [0, 0.1) is 5.92 Å². The number of nitrogens with one attached hydrogen (secondary N) is 1. The van der Waals surface area contributed by atoms with Crippen LogP contribution in [0.25, 0.3) is 0 Å². The van der Waals surface area contributed by atoms with Crippen molar-refractivity contribution in [3.8, 4) is 0 Å². The lowest BCUT2D eigenvalue weighted by atomic mass is 9.92. The summed E-state index contributed by atoms with van der Waals surface area (Å²) in [6.45, 7) is 6.86. The number of unbranched alkanes of at least 4 members (excludes halogenated alkanes) is 8. The number of ether oxygens (including phenoxy) is 1. The van der Waals surface area contributed by atoms with Crippen LogP contribution in [0.1, 0.15) is 110 Å². The third-order valence-corrected chi connectivity index (χ3v) is 5.24. The summed E-state index contributed by atoms with van der Waals surface area (Å²) in [6.07, 6.45) is 17.7. The van der Waals surface area contributed by atoms with Crippen molar-refractivity contribution in [2.75, 3.05) is 26.3 Å². The Labute approximate surface area is 168 Å². The van der Waals surface area contributed by atoms with Crippen LogP contribution in [0.5, 0.6) is 0 Å². The van der Waals surface area contributed by atoms with E-state index in [1.165, 1.54) is 64.2 Å². The first kappa shape index (κ1) is 26.4. The lowest BCUT2D eigenvalue weighted by Gasteiger charge is -2.17. The van der Waals surface area contributed by atoms with E-state index in [4.69, 9.17) is 9.84 Å². The summed E-state index contributed by atoms with van der Waals surface area (Å²) in [6, 6.07) is 0. The molecule has 0 bridgehead atoms. The third kappa shape index (κ3) is 19.9. The number of carbonyl (C=O) groups is 1. The van der Waals surface area contributed by atoms with E-state index in [9.17, 15) is 4.79 Å². The van der Waals surface area contributed by atoms with Crippen LogP contribution in [-0.2, 0) is 9.53 Å². The fraction of sp³-hybridized carbons (Fsp3) is 0.957. The molecule has 0 unspecified atom stereocenters. The zero-order chi connectivity index (χ0) is 20.0. The molecule has 0 spiro atoms. The molecular formula is C23H47NO3. The average molecular weight is 386 g/mol. The molecule has 0 atom stereocenters. The van der Waals surface area contributed by atoms with Gasteiger partial charge in [-0.05, 0) is 31.7 Å². The molecule has 2 N–H and O–H groups in total. The second kappa shape index (κ2) is 21.7. The van der Waals surface area contributed by atoms with Crippen LogP contribution >= 0.6 is 0 Å². The van der Waals surface area contributed by atoms with E-state index < -0.39 is 0 Å². The van der Waals surface area contributed by atoms with E-state index in [1.807, 2.05) is 0 Å². The summed E-state index contributed by atoms with van der Waals surface area (Å²) < 4.78 is 5.48. The highest BCUT2D eigenvalue weighted by atomic mass is 16.5. The zero-order valence-corrected chi connectivity index (χ0v) is 18.3. The van der Waals surface area contributed by atoms with Gasteiger partial charge in [-0.2, -0.15) is 0 Å². The molecule has 162 valence electrons. The molecule has 0 saturated heterocycles. The largest absolute Gasteiger partial charge is 0.466 e. The van der Waals surface area contributed by atoms with Gasteiger partial charge in [0.15, 0.2) is 0 Å². The number of carbonyl (C=O) groups excluding carboxylic acids is 1. The monoisotopic (exact) mass is 385 g/mol. The summed E-state index contributed by atoms with van der Waals surface area (Å²) in [5.41, 5.74) is 0. The van der Waals surface area contributed by atoms with Gasteiger partial charge in [0.2, 0.25) is 0 Å². The van der Waals surface area contributed by atoms with E-state index in [0.717, 1.165) is 38.1 Å². The Bertz CT molecular complexity index is 298. The number of esters is 1. The van der Waals surface area contributed by atoms with Gasteiger partial charge in [0.25, 0.3) is 0 Å². The van der Waals surface area contributed by atoms with E-state index >= 15 is 0 Å². The lowest BCUT2D eigenvalue weighted by molar-refractivity contribution is -0.144. The summed E-state index contributed by atoms with van der Waals surface area (Å²) in [5, 5.41) is 11.8. The summed E-state index contributed by atoms with van der Waals surface area (Å²) in [7, 11) is 0. The van der Waals surface area contributed by atoms with E-state index in [-0.39, 0.29) is 12.6 Å². The van der Waals surface area contributed by atoms with Gasteiger partial charge < -0.3 is 15.2 Å². The molecule has 0 aliphatic heterocycles. The van der Waals surface area contributed by atoms with Crippen molar-refractivity contribution in [2.45, 2.75) is 110 Å². The fourth-order valence-electron chi connectivity index (χ4n) is 3.46. The van der Waals surface area contributed by atoms with Gasteiger partial charge in [0.1, 0.15) is 0 Å². The van der Waals surface area contributed by atoms with E-state index in [2.05, 4.69) is 19.2 Å². The lowest BCUT2D eigenvalue weighted by Crippen LogP contribution is -2.19. The van der Waals surface area contributed by atoms with Gasteiger partial charge in [0, 0.05) is 13.0 Å². The molecule has 0 radical (unpaired) electrons. The molecule has 0 saturated carbocycles. The topological polar surface area (TPSA) is 58.6 Å². The quantitative estimate of drug-likeness (QED) is 0.199. The van der Waals surface area contributed by atoms with Gasteiger partial charge in [-0.3, -0.25) is 4.79 Å². The molecule has 4 heteroatoms. The van der Waals surface area contributed by atoms with Gasteiger partial charge in [-0.1, -0.05) is 84.5 Å². The van der Waals surface area contributed by atoms with Gasteiger partial charge in [0.05, 0.1) is 13.2 Å². The van der Waals surface area contributed by atoms with Crippen LogP contribution in [0.3, 0.4) is 0 Å². The average Bonchev–Trinajstić information content (AvgIpc) is 2.67. The molecule has 0 aromatic heterocycles. The molecule has 0 aliphatic carbocycles. The molecule has 0 aromatic carbocycles. The Morgan fingerprint density at radius 1 is 0.815 bits per heavy atom. The maximum atomic E-state index is 11.9. The van der Waals surface area contributed by atoms with Gasteiger partial charge in [-0.25, -0.2) is 0 Å². The fourth-order valence-corrected chi connectivity index (χ4v) is 3.46. The Hall–Kier alpha value is -0.610. The first-order valence-corrected chi connectivity index (χ1v) is 11.7. The minimum Gasteiger partial charge on any atom is -0.466 e. The van der Waals surface area contributed by atoms with Crippen LogP contribution in [0.15, 0.2) is 0 Å². The van der Waals surface area contributed by atoms with Gasteiger partial charge >= 0.3 is 5.97 Å². The SMILES string of the molecule is CCCCCCC(CCCCCC)CCOC(=O)CCCCCNCCO. The van der Waals surface area contributed by atoms with Crippen LogP contribution in [0.2, 0.25) is 0 Å². The normalized spacial score (nSPS) is 11.3. The standard InChI is InChI=1S/C23H47NO3/c1-3-5-7-10-14-22(15-11-8-6-4-2)17-21-27-23(26)16-12-9-13-18-24-19-20-25/h22,24-25H,3-21H2,1-2H3. The molecule has 0 amide bonds. The Morgan fingerprint density at radius 2 is 1.44 bits per heavy atom. The van der Waals surface area contributed by atoms with E-state index in [1.54, 1.807) is 0 Å². The number of hydrogen-bond donors (Lipinski definition) is 2. The summed E-state index contributed by atoms with van der Waals surface area (Å²) in [4.78, 5) is 11.9. The molecule has 0 aromatic rings. The highest BCUT2D eigenvalue weighted by molar-refractivity contribution is 5.69. The van der Waals surface area contributed by atoms with Gasteiger partial charge in [-0.15, -0.1) is 0 Å². The van der Waals surface area contributed by atoms with Crippen molar-refractivity contribution in [3.63, 3.8) is 0 Å². The third-order valence-electron chi connectivity index (χ3n) is 5.24. The Balaban J connectivity index is 3.78. The smallest absolute Gasteiger partial charge is 0.305 e. The van der Waals surface area contributed by atoms with Crippen LogP contribution in [0.4, 0.5) is 0 Å². The Kier molecular flexibility index (Phi) is 21.2. The second-order valence-electron chi connectivity index (χ2n) is 7.86. The molecule has 0 aliphatic rings. The van der Waals surface area contributed by atoms with E-state index in [0.29, 0.717) is 19.6 Å². The summed E-state index contributed by atoms with van der Waals surface area (Å²) in [5.74, 6) is 0.693. The molecule has 0 rings (SSSR count). The molecule has 4 nitrogen and oxygen atoms in total. The maximum Gasteiger partial charge on any atom is 0.305 e. The Morgan fingerprint density at radius 3 is 2.04 bits per heavy atom. The molecule has 0 fully saturated rings. The van der Waals surface area contributed by atoms with Crippen LogP contribution in [-0.4, -0.2) is 37.4 Å². The van der Waals surface area contributed by atoms with Crippen molar-refractivity contribution < 1.29 is 14.6 Å². The summed E-state index contributed by atoms with van der Waals surface area (Å²) >= 11 is 0. The van der Waals surface area contributed by atoms with Crippen molar-refractivity contribution in [1.82, 2.24) is 5.32 Å². The van der Waals surface area contributed by atoms with Crippen molar-refractivity contribution in [1.29, 1.82) is 0 Å². The van der Waals surface area contributed by atoms with Crippen molar-refractivity contribution >= 4 is 5.97 Å². The first-order valence-electron chi connectivity index (χ1n) is 11.7. The molecule has 27 heavy (non-hydrogen) atoms. The number of aliphatic hydroxyl groups is 1. The number of rotatable bonds is 21. The second-order valence-corrected chi connectivity index (χ2v) is 7.86. The predicted octanol–water partition coefficient (Wildman–Crippen LogP) is 5.62. The number of hydrogen-bond acceptors (Lipinski definition) is 4. The highest BCUT2D eigenvalue weighted by Gasteiger charge is 2.10. The maximum absolute atomic E-state index is 11.9. The molecular weight excluding hydrogens is 338 g/mol. The van der Waals surface area contributed by atoms with Crippen molar-refractivity contribution in [2.24, 2.45) is 5.92 Å². The predicted molar refractivity (Wildman–Crippen MR) is 115 cm³/mol. The minimum atomic E-state index is -0.0333. The van der Waals surface area contributed by atoms with Crippen molar-refractivity contribution in [3.05, 3.63) is 0 Å². The highest BCUT2D eigenvalue weighted by Crippen LogP contribution is 2.21.